The predicted molar refractivity (Wildman–Crippen MR) is 105 cm³/mol. The number of hydrogen-bond donors (Lipinski definition) is 1. The Hall–Kier alpha value is -2.49. The molecule has 9 heteroatoms. The van der Waals surface area contributed by atoms with Crippen molar-refractivity contribution in [2.45, 2.75) is 24.3 Å². The van der Waals surface area contributed by atoms with Crippen LogP contribution in [-0.4, -0.2) is 45.0 Å². The lowest BCUT2D eigenvalue weighted by atomic mass is 10.00. The van der Waals surface area contributed by atoms with E-state index in [2.05, 4.69) is 21.8 Å². The molecule has 0 atom stereocenters. The summed E-state index contributed by atoms with van der Waals surface area (Å²) < 4.78 is 32.4. The fraction of sp³-hybridized carbons (Fsp3) is 0.368. The highest BCUT2D eigenvalue weighted by Gasteiger charge is 2.26. The molecule has 1 N–H and O–H groups in total. The minimum Gasteiger partial charge on any atom is -0.497 e. The van der Waals surface area contributed by atoms with Crippen LogP contribution in [0.3, 0.4) is 0 Å². The smallest absolute Gasteiger partial charge is 0.293 e. The standard InChI is InChI=1S/C19H23N3O5S/c1-27-17-7-8-19(18(13-17)22(23)24)28(25,26)20-10-4-11-21-12-9-15-5-2-3-6-16(15)14-21/h2-3,5-8,13,20H,4,9-12,14H2,1H3. The van der Waals surface area contributed by atoms with E-state index in [0.717, 1.165) is 32.1 Å². The highest BCUT2D eigenvalue weighted by Crippen LogP contribution is 2.28. The van der Waals surface area contributed by atoms with Crippen molar-refractivity contribution in [3.05, 3.63) is 63.7 Å². The molecule has 0 saturated heterocycles. The molecular weight excluding hydrogens is 382 g/mol. The molecule has 28 heavy (non-hydrogen) atoms. The number of nitrogens with one attached hydrogen (secondary N) is 1. The highest BCUT2D eigenvalue weighted by molar-refractivity contribution is 7.89. The highest BCUT2D eigenvalue weighted by atomic mass is 32.2. The van der Waals surface area contributed by atoms with E-state index >= 15 is 0 Å². The largest absolute Gasteiger partial charge is 0.497 e. The van der Waals surface area contributed by atoms with Gasteiger partial charge in [0.05, 0.1) is 18.1 Å². The molecule has 2 aromatic carbocycles. The maximum absolute atomic E-state index is 12.5. The normalized spacial score (nSPS) is 14.5. The van der Waals surface area contributed by atoms with Crippen LogP contribution in [0.5, 0.6) is 5.75 Å². The van der Waals surface area contributed by atoms with Gasteiger partial charge in [-0.3, -0.25) is 15.0 Å². The number of nitro groups is 1. The van der Waals surface area contributed by atoms with Crippen LogP contribution >= 0.6 is 0 Å². The van der Waals surface area contributed by atoms with Crippen molar-refractivity contribution in [3.63, 3.8) is 0 Å². The fourth-order valence-electron chi connectivity index (χ4n) is 3.33. The van der Waals surface area contributed by atoms with E-state index in [-0.39, 0.29) is 17.2 Å². The number of nitro benzene ring substituents is 1. The maximum atomic E-state index is 12.5. The van der Waals surface area contributed by atoms with Gasteiger partial charge in [0.1, 0.15) is 5.75 Å². The summed E-state index contributed by atoms with van der Waals surface area (Å²) >= 11 is 0. The Morgan fingerprint density at radius 2 is 1.96 bits per heavy atom. The lowest BCUT2D eigenvalue weighted by molar-refractivity contribution is -0.387. The number of hydrogen-bond acceptors (Lipinski definition) is 6. The molecule has 1 heterocycles. The van der Waals surface area contributed by atoms with Gasteiger partial charge in [-0.1, -0.05) is 24.3 Å². The molecule has 1 aliphatic heterocycles. The maximum Gasteiger partial charge on any atom is 0.293 e. The van der Waals surface area contributed by atoms with E-state index in [9.17, 15) is 18.5 Å². The van der Waals surface area contributed by atoms with Crippen LogP contribution in [0.2, 0.25) is 0 Å². The van der Waals surface area contributed by atoms with Crippen molar-refractivity contribution < 1.29 is 18.1 Å². The predicted octanol–water partition coefficient (Wildman–Crippen LogP) is 2.33. The second-order valence-corrected chi connectivity index (χ2v) is 8.37. The SMILES string of the molecule is COc1ccc(S(=O)(=O)NCCCN2CCc3ccccc3C2)c([N+](=O)[O-])c1. The van der Waals surface area contributed by atoms with E-state index in [1.54, 1.807) is 0 Å². The quantitative estimate of drug-likeness (QED) is 0.411. The van der Waals surface area contributed by atoms with Gasteiger partial charge in [-0.25, -0.2) is 13.1 Å². The second kappa shape index (κ2) is 8.68. The summed E-state index contributed by atoms with van der Waals surface area (Å²) in [5.41, 5.74) is 2.17. The first kappa shape index (κ1) is 20.2. The third-order valence-corrected chi connectivity index (χ3v) is 6.31. The number of rotatable bonds is 8. The van der Waals surface area contributed by atoms with Gasteiger partial charge in [0, 0.05) is 19.6 Å². The van der Waals surface area contributed by atoms with Gasteiger partial charge in [0.25, 0.3) is 5.69 Å². The molecule has 0 spiro atoms. The van der Waals surface area contributed by atoms with Crippen molar-refractivity contribution in [1.82, 2.24) is 9.62 Å². The molecule has 0 radical (unpaired) electrons. The van der Waals surface area contributed by atoms with E-state index < -0.39 is 20.6 Å². The van der Waals surface area contributed by atoms with Crippen LogP contribution in [-0.2, 0) is 23.0 Å². The van der Waals surface area contributed by atoms with Gasteiger partial charge in [0.2, 0.25) is 10.0 Å². The number of sulfonamides is 1. The molecule has 0 aliphatic carbocycles. The van der Waals surface area contributed by atoms with E-state index in [1.165, 1.54) is 30.4 Å². The third kappa shape index (κ3) is 4.67. The topological polar surface area (TPSA) is 102 Å². The molecule has 150 valence electrons. The zero-order chi connectivity index (χ0) is 20.1. The molecule has 3 rings (SSSR count). The van der Waals surface area contributed by atoms with Gasteiger partial charge < -0.3 is 4.74 Å². The van der Waals surface area contributed by atoms with Crippen LogP contribution in [0.15, 0.2) is 47.4 Å². The zero-order valence-electron chi connectivity index (χ0n) is 15.6. The van der Waals surface area contributed by atoms with E-state index in [0.29, 0.717) is 6.42 Å². The third-order valence-electron chi connectivity index (χ3n) is 4.81. The molecular formula is C19H23N3O5S. The summed E-state index contributed by atoms with van der Waals surface area (Å²) in [6, 6.07) is 12.0. The van der Waals surface area contributed by atoms with E-state index in [1.807, 2.05) is 12.1 Å². The number of nitrogens with zero attached hydrogens (tertiary/aromatic N) is 2. The van der Waals surface area contributed by atoms with Crippen LogP contribution in [0, 0.1) is 10.1 Å². The van der Waals surface area contributed by atoms with Crippen molar-refractivity contribution >= 4 is 15.7 Å². The Balaban J connectivity index is 1.57. The van der Waals surface area contributed by atoms with Gasteiger partial charge in [-0.05, 0) is 42.6 Å². The van der Waals surface area contributed by atoms with Crippen molar-refractivity contribution in [1.29, 1.82) is 0 Å². The summed E-state index contributed by atoms with van der Waals surface area (Å²) in [4.78, 5) is 12.4. The lowest BCUT2D eigenvalue weighted by Gasteiger charge is -2.28. The summed E-state index contributed by atoms with van der Waals surface area (Å²) in [5, 5.41) is 11.2. The van der Waals surface area contributed by atoms with Gasteiger partial charge in [-0.15, -0.1) is 0 Å². The summed E-state index contributed by atoms with van der Waals surface area (Å²) in [7, 11) is -2.61. The van der Waals surface area contributed by atoms with E-state index in [4.69, 9.17) is 4.74 Å². The average Bonchev–Trinajstić information content (AvgIpc) is 2.70. The first-order valence-corrected chi connectivity index (χ1v) is 10.5. The Morgan fingerprint density at radius 1 is 1.21 bits per heavy atom. The van der Waals surface area contributed by atoms with Crippen LogP contribution in [0.1, 0.15) is 17.5 Å². The number of ether oxygens (including phenoxy) is 1. The molecule has 0 fully saturated rings. The molecule has 8 nitrogen and oxygen atoms in total. The molecule has 0 bridgehead atoms. The van der Waals surface area contributed by atoms with Gasteiger partial charge in [-0.2, -0.15) is 0 Å². The number of methoxy groups -OCH3 is 1. The Bertz CT molecular complexity index is 962. The second-order valence-electron chi connectivity index (χ2n) is 6.64. The Labute approximate surface area is 164 Å². The van der Waals surface area contributed by atoms with Crippen LogP contribution in [0.25, 0.3) is 0 Å². The average molecular weight is 405 g/mol. The van der Waals surface area contributed by atoms with Gasteiger partial charge in [0.15, 0.2) is 4.90 Å². The molecule has 1 aliphatic rings. The van der Waals surface area contributed by atoms with Crippen LogP contribution < -0.4 is 9.46 Å². The summed E-state index contributed by atoms with van der Waals surface area (Å²) in [6.45, 7) is 2.76. The number of fused-ring (bicyclic) bond motifs is 1. The Kier molecular flexibility index (Phi) is 6.28. The Morgan fingerprint density at radius 3 is 2.68 bits per heavy atom. The first-order chi connectivity index (χ1) is 13.4. The fourth-order valence-corrected chi connectivity index (χ4v) is 4.55. The monoisotopic (exact) mass is 405 g/mol. The molecule has 0 unspecified atom stereocenters. The molecule has 0 saturated carbocycles. The summed E-state index contributed by atoms with van der Waals surface area (Å²) in [5.74, 6) is 0.232. The molecule has 0 amide bonds. The lowest BCUT2D eigenvalue weighted by Crippen LogP contribution is -2.33. The van der Waals surface area contributed by atoms with Gasteiger partial charge >= 0.3 is 0 Å². The number of benzene rings is 2. The molecule has 2 aromatic rings. The minimum atomic E-state index is -3.98. The summed E-state index contributed by atoms with van der Waals surface area (Å²) in [6.07, 6.45) is 1.60. The van der Waals surface area contributed by atoms with Crippen LogP contribution in [0.4, 0.5) is 5.69 Å². The minimum absolute atomic E-state index is 0.212. The van der Waals surface area contributed by atoms with Crippen molar-refractivity contribution in [2.24, 2.45) is 0 Å². The zero-order valence-corrected chi connectivity index (χ0v) is 16.4. The van der Waals surface area contributed by atoms with Crippen molar-refractivity contribution in [3.8, 4) is 5.75 Å². The first-order valence-electron chi connectivity index (χ1n) is 9.02. The molecule has 0 aromatic heterocycles. The van der Waals surface area contributed by atoms with Crippen molar-refractivity contribution in [2.75, 3.05) is 26.7 Å².